The number of fused-ring (bicyclic) bond motifs is 1. The molecule has 3 aromatic rings. The number of hydrogen-bond donors (Lipinski definition) is 0. The molecule has 0 N–H and O–H groups in total. The fourth-order valence-electron chi connectivity index (χ4n) is 2.28. The molecule has 4 heteroatoms. The van der Waals surface area contributed by atoms with E-state index in [4.69, 9.17) is 0 Å². The molecule has 1 aromatic heterocycles. The molecular weight excluding hydrogens is 255 g/mol. The minimum absolute atomic E-state index is 0.238. The summed E-state index contributed by atoms with van der Waals surface area (Å²) in [6, 6.07) is 13.4. The smallest absolute Gasteiger partial charge is 0.266 e. The summed E-state index contributed by atoms with van der Waals surface area (Å²) in [4.78, 5) is 17.1. The quantitative estimate of drug-likeness (QED) is 0.716. The first kappa shape index (κ1) is 12.5. The van der Waals surface area contributed by atoms with E-state index in [0.717, 1.165) is 5.69 Å². The van der Waals surface area contributed by atoms with Crippen LogP contribution in [-0.4, -0.2) is 9.55 Å². The second-order valence-electron chi connectivity index (χ2n) is 4.52. The van der Waals surface area contributed by atoms with Crippen molar-refractivity contribution in [2.45, 2.75) is 13.3 Å². The van der Waals surface area contributed by atoms with Gasteiger partial charge in [-0.3, -0.25) is 9.36 Å². The summed E-state index contributed by atoms with van der Waals surface area (Å²) >= 11 is 0. The van der Waals surface area contributed by atoms with Gasteiger partial charge in [-0.2, -0.15) is 0 Å². The molecule has 1 heterocycles. The molecule has 100 valence electrons. The molecule has 0 aliphatic rings. The Hall–Kier alpha value is -2.49. The van der Waals surface area contributed by atoms with E-state index >= 15 is 0 Å². The molecule has 3 nitrogen and oxygen atoms in total. The Morgan fingerprint density at radius 3 is 2.60 bits per heavy atom. The summed E-state index contributed by atoms with van der Waals surface area (Å²) in [5, 5.41) is 0.297. The van der Waals surface area contributed by atoms with Crippen molar-refractivity contribution in [3.63, 3.8) is 0 Å². The van der Waals surface area contributed by atoms with Crippen LogP contribution in [0.4, 0.5) is 4.39 Å². The molecule has 0 aliphatic carbocycles. The maximum Gasteiger partial charge on any atom is 0.266 e. The van der Waals surface area contributed by atoms with Gasteiger partial charge in [-0.1, -0.05) is 25.1 Å². The fraction of sp³-hybridized carbons (Fsp3) is 0.125. The number of halogens is 1. The van der Waals surface area contributed by atoms with Crippen LogP contribution in [0.2, 0.25) is 0 Å². The number of aromatic nitrogens is 2. The highest BCUT2D eigenvalue weighted by atomic mass is 19.1. The van der Waals surface area contributed by atoms with Gasteiger partial charge in [0.25, 0.3) is 5.56 Å². The van der Waals surface area contributed by atoms with Gasteiger partial charge in [-0.25, -0.2) is 9.37 Å². The van der Waals surface area contributed by atoms with E-state index in [-0.39, 0.29) is 5.56 Å². The Labute approximate surface area is 115 Å². The van der Waals surface area contributed by atoms with Crippen molar-refractivity contribution in [2.75, 3.05) is 0 Å². The van der Waals surface area contributed by atoms with Crippen LogP contribution in [0.25, 0.3) is 16.6 Å². The molecule has 0 aliphatic heterocycles. The van der Waals surface area contributed by atoms with E-state index in [1.807, 2.05) is 37.3 Å². The van der Waals surface area contributed by atoms with Crippen LogP contribution in [-0.2, 0) is 6.42 Å². The lowest BCUT2D eigenvalue weighted by Gasteiger charge is -2.12. The van der Waals surface area contributed by atoms with Crippen LogP contribution in [0.1, 0.15) is 12.7 Å². The van der Waals surface area contributed by atoms with Crippen LogP contribution in [0.5, 0.6) is 0 Å². The van der Waals surface area contributed by atoms with Crippen LogP contribution >= 0.6 is 0 Å². The van der Waals surface area contributed by atoms with Gasteiger partial charge in [0.05, 0.1) is 16.6 Å². The number of hydrogen-bond acceptors (Lipinski definition) is 2. The third kappa shape index (κ3) is 1.99. The Kier molecular flexibility index (Phi) is 3.06. The first-order valence-electron chi connectivity index (χ1n) is 6.47. The zero-order valence-corrected chi connectivity index (χ0v) is 11.0. The minimum Gasteiger partial charge on any atom is -0.268 e. The molecule has 0 atom stereocenters. The fourth-order valence-corrected chi connectivity index (χ4v) is 2.28. The molecule has 0 fully saturated rings. The lowest BCUT2D eigenvalue weighted by Crippen LogP contribution is -2.23. The summed E-state index contributed by atoms with van der Waals surface area (Å²) in [5.74, 6) is 0.237. The monoisotopic (exact) mass is 268 g/mol. The van der Waals surface area contributed by atoms with Crippen molar-refractivity contribution < 1.29 is 4.39 Å². The molecule has 2 aromatic carbocycles. The van der Waals surface area contributed by atoms with Crippen LogP contribution < -0.4 is 5.56 Å². The van der Waals surface area contributed by atoms with E-state index in [2.05, 4.69) is 4.98 Å². The van der Waals surface area contributed by atoms with Crippen LogP contribution in [0.15, 0.2) is 53.3 Å². The molecule has 3 rings (SSSR count). The molecule has 0 spiro atoms. The normalized spacial score (nSPS) is 10.9. The van der Waals surface area contributed by atoms with Gasteiger partial charge in [0.15, 0.2) is 0 Å². The molecular formula is C16H13FN2O. The number of para-hydroxylation sites is 1. The van der Waals surface area contributed by atoms with E-state index in [1.54, 1.807) is 10.6 Å². The third-order valence-electron chi connectivity index (χ3n) is 3.23. The minimum atomic E-state index is -0.430. The lowest BCUT2D eigenvalue weighted by molar-refractivity contribution is 0.629. The Morgan fingerprint density at radius 2 is 1.90 bits per heavy atom. The topological polar surface area (TPSA) is 34.9 Å². The maximum atomic E-state index is 13.4. The average molecular weight is 268 g/mol. The first-order valence-corrected chi connectivity index (χ1v) is 6.47. The second-order valence-corrected chi connectivity index (χ2v) is 4.52. The van der Waals surface area contributed by atoms with E-state index in [0.29, 0.717) is 23.1 Å². The number of aryl methyl sites for hydroxylation is 1. The average Bonchev–Trinajstić information content (AvgIpc) is 2.48. The second kappa shape index (κ2) is 4.89. The van der Waals surface area contributed by atoms with Crippen molar-refractivity contribution >= 4 is 10.9 Å². The van der Waals surface area contributed by atoms with Crippen molar-refractivity contribution in [1.82, 2.24) is 9.55 Å². The largest absolute Gasteiger partial charge is 0.268 e. The summed E-state index contributed by atoms with van der Waals surface area (Å²) in [7, 11) is 0. The molecule has 0 saturated carbocycles. The molecule has 0 amide bonds. The van der Waals surface area contributed by atoms with E-state index in [1.165, 1.54) is 12.1 Å². The maximum absolute atomic E-state index is 13.4. The highest BCUT2D eigenvalue weighted by Gasteiger charge is 2.11. The first-order chi connectivity index (χ1) is 9.70. The zero-order chi connectivity index (χ0) is 14.1. The number of benzene rings is 2. The standard InChI is InChI=1S/C16H13FN2O/c1-2-15-18-14-9-8-11(17)10-13(14)16(20)19(15)12-6-4-3-5-7-12/h3-10H,2H2,1H3. The van der Waals surface area contributed by atoms with Crippen molar-refractivity contribution in [2.24, 2.45) is 0 Å². The molecule has 0 unspecified atom stereocenters. The van der Waals surface area contributed by atoms with Crippen molar-refractivity contribution in [3.8, 4) is 5.69 Å². The van der Waals surface area contributed by atoms with Crippen molar-refractivity contribution in [3.05, 3.63) is 70.5 Å². The van der Waals surface area contributed by atoms with Gasteiger partial charge in [-0.05, 0) is 30.3 Å². The Balaban J connectivity index is 2.41. The molecule has 0 bridgehead atoms. The van der Waals surface area contributed by atoms with Crippen molar-refractivity contribution in [1.29, 1.82) is 0 Å². The van der Waals surface area contributed by atoms with Gasteiger partial charge >= 0.3 is 0 Å². The summed E-state index contributed by atoms with van der Waals surface area (Å²) in [6.07, 6.45) is 0.622. The summed E-state index contributed by atoms with van der Waals surface area (Å²) in [5.41, 5.74) is 1.03. The van der Waals surface area contributed by atoms with E-state index < -0.39 is 5.82 Å². The Bertz CT molecular complexity index is 825. The van der Waals surface area contributed by atoms with Gasteiger partial charge < -0.3 is 0 Å². The Morgan fingerprint density at radius 1 is 1.15 bits per heavy atom. The van der Waals surface area contributed by atoms with Gasteiger partial charge in [0.1, 0.15) is 11.6 Å². The number of rotatable bonds is 2. The SMILES string of the molecule is CCc1nc2ccc(F)cc2c(=O)n1-c1ccccc1. The zero-order valence-electron chi connectivity index (χ0n) is 11.0. The highest BCUT2D eigenvalue weighted by Crippen LogP contribution is 2.14. The van der Waals surface area contributed by atoms with Crippen LogP contribution in [0, 0.1) is 5.82 Å². The van der Waals surface area contributed by atoms with Gasteiger partial charge in [-0.15, -0.1) is 0 Å². The predicted molar refractivity (Wildman–Crippen MR) is 76.7 cm³/mol. The highest BCUT2D eigenvalue weighted by molar-refractivity contribution is 5.78. The van der Waals surface area contributed by atoms with E-state index in [9.17, 15) is 9.18 Å². The van der Waals surface area contributed by atoms with Gasteiger partial charge in [0, 0.05) is 6.42 Å². The lowest BCUT2D eigenvalue weighted by atomic mass is 10.2. The van der Waals surface area contributed by atoms with Gasteiger partial charge in [0.2, 0.25) is 0 Å². The summed E-state index contributed by atoms with van der Waals surface area (Å²) < 4.78 is 14.9. The third-order valence-corrected chi connectivity index (χ3v) is 3.23. The predicted octanol–water partition coefficient (Wildman–Crippen LogP) is 3.09. The molecule has 0 radical (unpaired) electrons. The molecule has 20 heavy (non-hydrogen) atoms. The van der Waals surface area contributed by atoms with Crippen LogP contribution in [0.3, 0.4) is 0 Å². The molecule has 0 saturated heterocycles. The summed E-state index contributed by atoms with van der Waals surface area (Å²) in [6.45, 7) is 1.94. The number of nitrogens with zero attached hydrogens (tertiary/aromatic N) is 2.